The molecule has 3 aromatic rings. The third kappa shape index (κ3) is 6.32. The Hall–Kier alpha value is -3.46. The van der Waals surface area contributed by atoms with Gasteiger partial charge >= 0.3 is 11.0 Å². The monoisotopic (exact) mass is 537 g/mol. The molecule has 2 atom stereocenters. The minimum Gasteiger partial charge on any atom is -0.444 e. The molecule has 38 heavy (non-hydrogen) atoms. The summed E-state index contributed by atoms with van der Waals surface area (Å²) in [6.45, 7) is 5.84. The summed E-state index contributed by atoms with van der Waals surface area (Å²) in [7, 11) is 1.76. The molecule has 1 saturated heterocycles. The zero-order valence-electron chi connectivity index (χ0n) is 22.4. The van der Waals surface area contributed by atoms with Crippen molar-refractivity contribution in [3.05, 3.63) is 57.7 Å². The number of fused-ring (bicyclic) bond motifs is 1. The van der Waals surface area contributed by atoms with Crippen molar-refractivity contribution in [1.29, 1.82) is 0 Å². The second-order valence-corrected chi connectivity index (χ2v) is 12.0. The number of primary amides is 1. The van der Waals surface area contributed by atoms with Crippen LogP contribution in [0.5, 0.6) is 0 Å². The molecule has 2 amide bonds. The zero-order chi connectivity index (χ0) is 27.6. The van der Waals surface area contributed by atoms with Gasteiger partial charge in [-0.1, -0.05) is 41.7 Å². The molecule has 4 rings (SSSR count). The predicted molar refractivity (Wildman–Crippen MR) is 149 cm³/mol. The number of ketones is 1. The van der Waals surface area contributed by atoms with Crippen LogP contribution < -0.4 is 10.6 Å². The van der Waals surface area contributed by atoms with Crippen molar-refractivity contribution in [1.82, 2.24) is 9.47 Å². The van der Waals surface area contributed by atoms with Gasteiger partial charge < -0.3 is 15.0 Å². The van der Waals surface area contributed by atoms with E-state index in [1.165, 1.54) is 16.2 Å². The largest absolute Gasteiger partial charge is 0.444 e. The van der Waals surface area contributed by atoms with E-state index in [1.54, 1.807) is 32.4 Å². The topological polar surface area (TPSA) is 112 Å². The number of likely N-dealkylation sites (tertiary alicyclic amines) is 1. The van der Waals surface area contributed by atoms with Gasteiger partial charge in [0.25, 0.3) is 0 Å². The number of rotatable bonds is 7. The number of piperidine rings is 1. The molecule has 8 nitrogen and oxygen atoms in total. The minimum absolute atomic E-state index is 0.00183. The lowest BCUT2D eigenvalue weighted by Crippen LogP contribution is -2.50. The molecule has 0 unspecified atom stereocenters. The molecule has 0 saturated carbocycles. The van der Waals surface area contributed by atoms with Crippen molar-refractivity contribution < 1.29 is 19.1 Å². The van der Waals surface area contributed by atoms with Crippen molar-refractivity contribution in [2.75, 3.05) is 6.54 Å². The van der Waals surface area contributed by atoms with E-state index in [2.05, 4.69) is 0 Å². The van der Waals surface area contributed by atoms with Crippen LogP contribution in [0.3, 0.4) is 0 Å². The van der Waals surface area contributed by atoms with Crippen LogP contribution in [0.1, 0.15) is 52.0 Å². The number of aryl methyl sites for hydroxylation is 1. The van der Waals surface area contributed by atoms with Gasteiger partial charge in [0.2, 0.25) is 5.91 Å². The van der Waals surface area contributed by atoms with Crippen LogP contribution in [0.15, 0.2) is 47.3 Å². The van der Waals surface area contributed by atoms with Crippen molar-refractivity contribution in [2.24, 2.45) is 18.7 Å². The highest BCUT2D eigenvalue weighted by Crippen LogP contribution is 2.28. The van der Waals surface area contributed by atoms with Crippen LogP contribution in [-0.2, 0) is 27.8 Å². The van der Waals surface area contributed by atoms with Crippen LogP contribution in [0.2, 0.25) is 0 Å². The molecule has 1 fully saturated rings. The quantitative estimate of drug-likeness (QED) is 0.471. The van der Waals surface area contributed by atoms with Gasteiger partial charge in [0.15, 0.2) is 5.78 Å². The van der Waals surface area contributed by atoms with Crippen molar-refractivity contribution >= 4 is 39.3 Å². The highest BCUT2D eigenvalue weighted by molar-refractivity contribution is 7.16. The van der Waals surface area contributed by atoms with Crippen LogP contribution in [0.4, 0.5) is 4.79 Å². The number of carbonyl (C=O) groups excluding carboxylic acids is 3. The fraction of sp³-hybridized carbons (Fsp3) is 0.448. The average molecular weight is 538 g/mol. The third-order valence-electron chi connectivity index (χ3n) is 6.91. The lowest BCUT2D eigenvalue weighted by molar-refractivity contribution is -0.130. The Kier molecular flexibility index (Phi) is 8.06. The first-order valence-electron chi connectivity index (χ1n) is 12.9. The first-order chi connectivity index (χ1) is 17.9. The van der Waals surface area contributed by atoms with Gasteiger partial charge in [0.05, 0.1) is 16.3 Å². The number of hydrogen-bond donors (Lipinski definition) is 1. The van der Waals surface area contributed by atoms with E-state index in [-0.39, 0.29) is 17.1 Å². The summed E-state index contributed by atoms with van der Waals surface area (Å²) in [5, 5.41) is 0. The molecule has 2 heterocycles. The summed E-state index contributed by atoms with van der Waals surface area (Å²) in [5.74, 6) is -1.37. The number of hydrogen-bond acceptors (Lipinski definition) is 6. The maximum absolute atomic E-state index is 13.3. The fourth-order valence-corrected chi connectivity index (χ4v) is 5.81. The Morgan fingerprint density at radius 3 is 2.42 bits per heavy atom. The number of aromatic nitrogens is 1. The summed E-state index contributed by atoms with van der Waals surface area (Å²) in [4.78, 5) is 51.8. The highest BCUT2D eigenvalue weighted by Gasteiger charge is 2.36. The molecule has 2 aromatic carbocycles. The third-order valence-corrected chi connectivity index (χ3v) is 7.91. The predicted octanol–water partition coefficient (Wildman–Crippen LogP) is 4.66. The van der Waals surface area contributed by atoms with E-state index in [1.807, 2.05) is 42.5 Å². The molecule has 1 aromatic heterocycles. The van der Waals surface area contributed by atoms with Gasteiger partial charge in [-0.05, 0) is 75.3 Å². The fourth-order valence-electron chi connectivity index (χ4n) is 4.89. The smallest absolute Gasteiger partial charge is 0.410 e. The van der Waals surface area contributed by atoms with Gasteiger partial charge in [-0.3, -0.25) is 19.3 Å². The summed E-state index contributed by atoms with van der Waals surface area (Å²) < 4.78 is 8.07. The van der Waals surface area contributed by atoms with Crippen molar-refractivity contribution in [3.8, 4) is 11.1 Å². The Morgan fingerprint density at radius 1 is 1.08 bits per heavy atom. The van der Waals surface area contributed by atoms with Gasteiger partial charge in [-0.25, -0.2) is 4.79 Å². The molecule has 1 aliphatic heterocycles. The zero-order valence-corrected chi connectivity index (χ0v) is 23.2. The van der Waals surface area contributed by atoms with E-state index in [9.17, 15) is 19.2 Å². The number of nitrogens with zero attached hydrogens (tertiary/aromatic N) is 2. The number of carbonyl (C=O) groups is 3. The van der Waals surface area contributed by atoms with E-state index in [0.717, 1.165) is 39.7 Å². The summed E-state index contributed by atoms with van der Waals surface area (Å²) in [6, 6.07) is 13.1. The second-order valence-electron chi connectivity index (χ2n) is 11.0. The van der Waals surface area contributed by atoms with Gasteiger partial charge in [-0.15, -0.1) is 0 Å². The lowest BCUT2D eigenvalue weighted by Gasteiger charge is -2.36. The number of benzene rings is 2. The Bertz CT molecular complexity index is 1400. The van der Waals surface area contributed by atoms with Gasteiger partial charge in [0.1, 0.15) is 5.60 Å². The van der Waals surface area contributed by atoms with Crippen LogP contribution in [0.25, 0.3) is 21.3 Å². The van der Waals surface area contributed by atoms with E-state index in [4.69, 9.17) is 10.5 Å². The number of amides is 2. The normalized spacial score (nSPS) is 16.8. The second kappa shape index (κ2) is 11.1. The maximum atomic E-state index is 13.3. The Balaban J connectivity index is 1.45. The highest BCUT2D eigenvalue weighted by atomic mass is 32.1. The molecule has 0 bridgehead atoms. The van der Waals surface area contributed by atoms with Crippen molar-refractivity contribution in [2.45, 2.75) is 64.5 Å². The summed E-state index contributed by atoms with van der Waals surface area (Å²) >= 11 is 1.22. The number of thiazole rings is 1. The van der Waals surface area contributed by atoms with E-state index < -0.39 is 29.6 Å². The molecule has 0 aliphatic carbocycles. The molecule has 202 valence electrons. The molecule has 2 N–H and O–H groups in total. The molecular formula is C29H35N3O5S. The standard InChI is InChI=1S/C29H35N3O5S/c1-29(2,3)37-27(35)32-14-6-5-7-22(32)24(33)16-21(26(30)34)15-18-8-10-19(11-9-18)20-12-13-23-25(17-20)38-28(36)31(23)4/h8-13,17,21-22H,5-7,14-16H2,1-4H3,(H2,30,34)/t21-,22+/m1/s1. The molecule has 9 heteroatoms. The molecular weight excluding hydrogens is 502 g/mol. The van der Waals surface area contributed by atoms with E-state index in [0.29, 0.717) is 19.4 Å². The molecule has 0 radical (unpaired) electrons. The molecule has 1 aliphatic rings. The average Bonchev–Trinajstić information content (AvgIpc) is 3.15. The van der Waals surface area contributed by atoms with Crippen molar-refractivity contribution in [3.63, 3.8) is 0 Å². The maximum Gasteiger partial charge on any atom is 0.410 e. The SMILES string of the molecule is Cn1c(=O)sc2cc(-c3ccc(C[C@H](CC(=O)[C@@H]4CCCCN4C(=O)OC(C)(C)C)C(N)=O)cc3)ccc21. The Labute approximate surface area is 226 Å². The molecule has 0 spiro atoms. The Morgan fingerprint density at radius 2 is 1.76 bits per heavy atom. The minimum atomic E-state index is -0.672. The van der Waals surface area contributed by atoms with Crippen LogP contribution >= 0.6 is 11.3 Å². The number of nitrogens with two attached hydrogens (primary N) is 1. The first kappa shape index (κ1) is 27.6. The van der Waals surface area contributed by atoms with E-state index >= 15 is 0 Å². The lowest BCUT2D eigenvalue weighted by atomic mass is 9.88. The first-order valence-corrected chi connectivity index (χ1v) is 13.7. The summed E-state index contributed by atoms with van der Waals surface area (Å²) in [5.41, 5.74) is 8.82. The summed E-state index contributed by atoms with van der Waals surface area (Å²) in [6.07, 6.45) is 2.01. The van der Waals surface area contributed by atoms with Crippen LogP contribution in [0, 0.1) is 5.92 Å². The number of Topliss-reactive ketones (excluding diaryl/α,β-unsaturated/α-hetero) is 1. The van der Waals surface area contributed by atoms with Gasteiger partial charge in [0, 0.05) is 25.9 Å². The van der Waals surface area contributed by atoms with Gasteiger partial charge in [-0.2, -0.15) is 0 Å². The van der Waals surface area contributed by atoms with Crippen LogP contribution in [-0.4, -0.2) is 45.4 Å². The number of ether oxygens (including phenoxy) is 1.